The summed E-state index contributed by atoms with van der Waals surface area (Å²) in [6.45, 7) is 0. The molecule has 0 saturated heterocycles. The third-order valence-corrected chi connectivity index (χ3v) is 3.17. The summed E-state index contributed by atoms with van der Waals surface area (Å²) in [6, 6.07) is 11.2. The van der Waals surface area contributed by atoms with Gasteiger partial charge in [-0.3, -0.25) is 0 Å². The van der Waals surface area contributed by atoms with Gasteiger partial charge in [0.1, 0.15) is 0 Å². The van der Waals surface area contributed by atoms with E-state index < -0.39 is 6.29 Å². The Bertz CT molecular complexity index is 717. The minimum absolute atomic E-state index is 0.0313. The predicted molar refractivity (Wildman–Crippen MR) is 73.9 cm³/mol. The van der Waals surface area contributed by atoms with Gasteiger partial charge in [-0.2, -0.15) is 5.10 Å². The van der Waals surface area contributed by atoms with Crippen molar-refractivity contribution in [2.24, 2.45) is 10.9 Å². The fourth-order valence-corrected chi connectivity index (χ4v) is 2.15. The molecule has 3 rings (SSSR count). The van der Waals surface area contributed by atoms with Crippen LogP contribution in [-0.4, -0.2) is 12.0 Å². The third-order valence-electron chi connectivity index (χ3n) is 2.92. The van der Waals surface area contributed by atoms with E-state index in [1.807, 2.05) is 0 Å². The molecule has 1 aliphatic rings. The zero-order valence-corrected chi connectivity index (χ0v) is 11.3. The first-order valence-corrected chi connectivity index (χ1v) is 6.30. The van der Waals surface area contributed by atoms with E-state index in [0.29, 0.717) is 21.9 Å². The molecule has 0 fully saturated rings. The molecule has 0 saturated carbocycles. The Labute approximate surface area is 123 Å². The Hall–Kier alpha value is -2.34. The van der Waals surface area contributed by atoms with Gasteiger partial charge in [-0.05, 0) is 30.3 Å². The molecule has 2 N–H and O–H groups in total. The van der Waals surface area contributed by atoms with Gasteiger partial charge in [-0.15, -0.1) is 8.78 Å². The summed E-state index contributed by atoms with van der Waals surface area (Å²) in [5, 5.41) is 4.28. The van der Waals surface area contributed by atoms with Gasteiger partial charge in [0.2, 0.25) is 0 Å². The second kappa shape index (κ2) is 4.89. The van der Waals surface area contributed by atoms with Crippen LogP contribution in [-0.2, 0) is 0 Å². The number of hydrazone groups is 1. The number of alkyl halides is 2. The van der Waals surface area contributed by atoms with Crippen LogP contribution in [0, 0.1) is 0 Å². The van der Waals surface area contributed by atoms with Gasteiger partial charge >= 0.3 is 6.29 Å². The van der Waals surface area contributed by atoms with Crippen LogP contribution in [0.3, 0.4) is 0 Å². The first kappa shape index (κ1) is 13.6. The molecule has 1 heterocycles. The van der Waals surface area contributed by atoms with Crippen molar-refractivity contribution >= 4 is 17.3 Å². The first-order valence-electron chi connectivity index (χ1n) is 5.92. The van der Waals surface area contributed by atoms with Crippen LogP contribution in [0.25, 0.3) is 0 Å². The minimum Gasteiger partial charge on any atom is -0.395 e. The quantitative estimate of drug-likeness (QED) is 0.525. The molecule has 0 amide bonds. The highest BCUT2D eigenvalue weighted by Crippen LogP contribution is 2.41. The van der Waals surface area contributed by atoms with Crippen LogP contribution in [0.5, 0.6) is 11.5 Å². The van der Waals surface area contributed by atoms with E-state index in [9.17, 15) is 8.78 Å². The van der Waals surface area contributed by atoms with Crippen molar-refractivity contribution in [2.75, 3.05) is 0 Å². The van der Waals surface area contributed by atoms with Crippen LogP contribution in [0.15, 0.2) is 47.6 Å². The zero-order chi connectivity index (χ0) is 15.0. The SMILES string of the molecule is NN=C(c1ccc(Cl)cc1)c1ccc2c(c1)OC(F)(F)O2. The van der Waals surface area contributed by atoms with E-state index in [4.69, 9.17) is 17.4 Å². The molecule has 0 aliphatic carbocycles. The topological polar surface area (TPSA) is 56.8 Å². The summed E-state index contributed by atoms with van der Waals surface area (Å²) in [4.78, 5) is 0. The molecule has 0 unspecified atom stereocenters. The number of rotatable bonds is 2. The van der Waals surface area contributed by atoms with Gasteiger partial charge in [0.15, 0.2) is 11.5 Å². The van der Waals surface area contributed by atoms with Crippen LogP contribution in [0.4, 0.5) is 8.78 Å². The molecule has 21 heavy (non-hydrogen) atoms. The van der Waals surface area contributed by atoms with E-state index in [0.717, 1.165) is 0 Å². The van der Waals surface area contributed by atoms with Gasteiger partial charge < -0.3 is 15.3 Å². The summed E-state index contributed by atoms with van der Waals surface area (Å²) < 4.78 is 34.8. The van der Waals surface area contributed by atoms with Crippen LogP contribution in [0.2, 0.25) is 5.02 Å². The minimum atomic E-state index is -3.65. The summed E-state index contributed by atoms with van der Waals surface area (Å²) in [7, 11) is 0. The monoisotopic (exact) mass is 310 g/mol. The van der Waals surface area contributed by atoms with E-state index in [-0.39, 0.29) is 11.5 Å². The lowest BCUT2D eigenvalue weighted by Crippen LogP contribution is -2.25. The first-order chi connectivity index (χ1) is 9.98. The number of hydrogen-bond donors (Lipinski definition) is 1. The molecule has 108 valence electrons. The molecule has 0 atom stereocenters. The van der Waals surface area contributed by atoms with Crippen molar-refractivity contribution in [3.05, 3.63) is 58.6 Å². The van der Waals surface area contributed by atoms with E-state index >= 15 is 0 Å². The van der Waals surface area contributed by atoms with Gasteiger partial charge in [0.05, 0.1) is 5.71 Å². The number of halogens is 3. The number of ether oxygens (including phenoxy) is 2. The predicted octanol–water partition coefficient (Wildman–Crippen LogP) is 3.37. The lowest BCUT2D eigenvalue weighted by Gasteiger charge is -2.07. The maximum atomic E-state index is 13.0. The summed E-state index contributed by atoms with van der Waals surface area (Å²) in [5.41, 5.74) is 1.65. The number of fused-ring (bicyclic) bond motifs is 1. The smallest absolute Gasteiger partial charge is 0.395 e. The second-order valence-corrected chi connectivity index (χ2v) is 4.75. The van der Waals surface area contributed by atoms with Crippen LogP contribution < -0.4 is 15.3 Å². The number of nitrogens with two attached hydrogens (primary N) is 1. The number of nitrogens with zero attached hydrogens (tertiary/aromatic N) is 1. The van der Waals surface area contributed by atoms with Crippen molar-refractivity contribution in [1.29, 1.82) is 0 Å². The van der Waals surface area contributed by atoms with Gasteiger partial charge in [-0.25, -0.2) is 0 Å². The van der Waals surface area contributed by atoms with Crippen LogP contribution >= 0.6 is 11.6 Å². The highest BCUT2D eigenvalue weighted by molar-refractivity contribution is 6.30. The average Bonchev–Trinajstić information content (AvgIpc) is 2.75. The maximum Gasteiger partial charge on any atom is 0.586 e. The molecule has 0 bridgehead atoms. The van der Waals surface area contributed by atoms with Gasteiger partial charge in [-0.1, -0.05) is 23.7 Å². The zero-order valence-electron chi connectivity index (χ0n) is 10.5. The summed E-state index contributed by atoms with van der Waals surface area (Å²) in [6.07, 6.45) is -3.65. The van der Waals surface area contributed by atoms with Crippen molar-refractivity contribution in [3.8, 4) is 11.5 Å². The second-order valence-electron chi connectivity index (χ2n) is 4.31. The van der Waals surface area contributed by atoms with E-state index in [1.54, 1.807) is 30.3 Å². The molecule has 1 aliphatic heterocycles. The van der Waals surface area contributed by atoms with Gasteiger partial charge in [0, 0.05) is 16.1 Å². The molecule has 0 spiro atoms. The molecule has 2 aromatic carbocycles. The maximum absolute atomic E-state index is 13.0. The highest BCUT2D eigenvalue weighted by Gasteiger charge is 2.43. The number of benzene rings is 2. The Morgan fingerprint density at radius 2 is 1.62 bits per heavy atom. The van der Waals surface area contributed by atoms with Crippen molar-refractivity contribution < 1.29 is 18.3 Å². The standard InChI is InChI=1S/C14H9ClF2N2O2/c15-10-4-1-8(2-5-10)13(19-18)9-3-6-11-12(7-9)21-14(16,17)20-11/h1-7H,18H2. The van der Waals surface area contributed by atoms with Crippen molar-refractivity contribution in [3.63, 3.8) is 0 Å². The summed E-state index contributed by atoms with van der Waals surface area (Å²) in [5.74, 6) is 5.31. The van der Waals surface area contributed by atoms with Crippen molar-refractivity contribution in [2.45, 2.75) is 6.29 Å². The fourth-order valence-electron chi connectivity index (χ4n) is 2.02. The Morgan fingerprint density at radius 3 is 2.29 bits per heavy atom. The average molecular weight is 311 g/mol. The van der Waals surface area contributed by atoms with E-state index in [1.165, 1.54) is 12.1 Å². The largest absolute Gasteiger partial charge is 0.586 e. The highest BCUT2D eigenvalue weighted by atomic mass is 35.5. The molecule has 0 radical (unpaired) electrons. The van der Waals surface area contributed by atoms with Crippen molar-refractivity contribution in [1.82, 2.24) is 0 Å². The molecular formula is C14H9ClF2N2O2. The Kier molecular flexibility index (Phi) is 3.17. The molecule has 7 heteroatoms. The lowest BCUT2D eigenvalue weighted by molar-refractivity contribution is -0.286. The lowest BCUT2D eigenvalue weighted by atomic mass is 10.0. The normalized spacial score (nSPS) is 16.0. The fraction of sp³-hybridized carbons (Fsp3) is 0.0714. The molecular weight excluding hydrogens is 302 g/mol. The van der Waals surface area contributed by atoms with E-state index in [2.05, 4.69) is 14.6 Å². The van der Waals surface area contributed by atoms with Gasteiger partial charge in [0.25, 0.3) is 0 Å². The Balaban J connectivity index is 1.99. The molecule has 4 nitrogen and oxygen atoms in total. The van der Waals surface area contributed by atoms with Crippen LogP contribution in [0.1, 0.15) is 11.1 Å². The number of hydrogen-bond acceptors (Lipinski definition) is 4. The Morgan fingerprint density at radius 1 is 1.00 bits per heavy atom. The molecule has 0 aromatic heterocycles. The molecule has 2 aromatic rings. The summed E-state index contributed by atoms with van der Waals surface area (Å²) >= 11 is 5.82. The third kappa shape index (κ3) is 2.62.